The van der Waals surface area contributed by atoms with Gasteiger partial charge in [0.1, 0.15) is 6.61 Å². The number of ether oxygens (including phenoxy) is 2. The smallest absolute Gasteiger partial charge is 0.308 e. The van der Waals surface area contributed by atoms with Crippen molar-refractivity contribution in [2.45, 2.75) is 104 Å². The van der Waals surface area contributed by atoms with E-state index in [9.17, 15) is 14.7 Å². The zero-order chi connectivity index (χ0) is 22.4. The number of carboxylic acids is 1. The molecule has 1 aliphatic heterocycles. The van der Waals surface area contributed by atoms with Gasteiger partial charge in [0.2, 0.25) is 0 Å². The van der Waals surface area contributed by atoms with Crippen molar-refractivity contribution in [2.75, 3.05) is 6.61 Å². The first-order chi connectivity index (χ1) is 13.9. The van der Waals surface area contributed by atoms with Crippen LogP contribution >= 0.6 is 0 Å². The highest BCUT2D eigenvalue weighted by molar-refractivity contribution is 5.72. The highest BCUT2D eigenvalue weighted by Crippen LogP contribution is 2.66. The molecule has 0 radical (unpaired) electrons. The maximum absolute atomic E-state index is 12.4. The number of hydrogen-bond acceptors (Lipinski definition) is 4. The predicted octanol–water partition coefficient (Wildman–Crippen LogP) is 5.52. The fraction of sp³-hybridized carbons (Fsp3) is 0.840. The molecule has 3 rings (SSSR count). The highest BCUT2D eigenvalue weighted by atomic mass is 16.5. The Labute approximate surface area is 181 Å². The van der Waals surface area contributed by atoms with Crippen LogP contribution in [0.4, 0.5) is 0 Å². The van der Waals surface area contributed by atoms with Gasteiger partial charge in [-0.25, -0.2) is 0 Å². The number of hydrogen-bond donors (Lipinski definition) is 1. The average Bonchev–Trinajstić information content (AvgIpc) is 2.99. The summed E-state index contributed by atoms with van der Waals surface area (Å²) in [5.74, 6) is -0.662. The van der Waals surface area contributed by atoms with Gasteiger partial charge in [-0.15, -0.1) is 0 Å². The van der Waals surface area contributed by atoms with Gasteiger partial charge in [0.05, 0.1) is 23.5 Å². The van der Waals surface area contributed by atoms with E-state index in [0.717, 1.165) is 37.7 Å². The molecule has 2 fully saturated rings. The van der Waals surface area contributed by atoms with Crippen molar-refractivity contribution in [3.8, 4) is 0 Å². The number of allylic oxidation sites excluding steroid dienone is 1. The zero-order valence-corrected chi connectivity index (χ0v) is 19.7. The molecule has 5 heteroatoms. The molecule has 5 atom stereocenters. The number of rotatable bonds is 6. The van der Waals surface area contributed by atoms with Crippen molar-refractivity contribution in [1.29, 1.82) is 0 Å². The molecular weight excluding hydrogens is 380 g/mol. The largest absolute Gasteiger partial charge is 0.481 e. The minimum Gasteiger partial charge on any atom is -0.481 e. The number of carboxylic acid groups (broad SMARTS) is 1. The lowest BCUT2D eigenvalue weighted by Gasteiger charge is -2.61. The summed E-state index contributed by atoms with van der Waals surface area (Å²) in [6.07, 6.45) is 8.84. The van der Waals surface area contributed by atoms with Gasteiger partial charge >= 0.3 is 11.9 Å². The molecule has 0 amide bonds. The Kier molecular flexibility index (Phi) is 6.18. The monoisotopic (exact) mass is 420 g/mol. The summed E-state index contributed by atoms with van der Waals surface area (Å²) in [4.78, 5) is 23.9. The van der Waals surface area contributed by atoms with Gasteiger partial charge in [0.25, 0.3) is 0 Å². The van der Waals surface area contributed by atoms with Crippen LogP contribution in [0.5, 0.6) is 0 Å². The third-order valence-electron chi connectivity index (χ3n) is 8.61. The van der Waals surface area contributed by atoms with Gasteiger partial charge in [-0.1, -0.05) is 47.1 Å². The maximum atomic E-state index is 12.4. The Bertz CT molecular complexity index is 725. The van der Waals surface area contributed by atoms with Gasteiger partial charge < -0.3 is 14.6 Å². The molecule has 170 valence electrons. The first-order valence-electron chi connectivity index (χ1n) is 11.7. The Morgan fingerprint density at radius 2 is 1.90 bits per heavy atom. The first kappa shape index (κ1) is 23.3. The van der Waals surface area contributed by atoms with Crippen LogP contribution in [0, 0.1) is 22.7 Å². The number of esters is 1. The quantitative estimate of drug-likeness (QED) is 0.452. The summed E-state index contributed by atoms with van der Waals surface area (Å²) in [5, 5.41) is 9.47. The van der Waals surface area contributed by atoms with E-state index in [4.69, 9.17) is 9.47 Å². The van der Waals surface area contributed by atoms with Crippen molar-refractivity contribution in [2.24, 2.45) is 22.7 Å². The van der Waals surface area contributed by atoms with Gasteiger partial charge in [-0.3, -0.25) is 9.59 Å². The molecule has 1 spiro atoms. The van der Waals surface area contributed by atoms with E-state index in [1.807, 2.05) is 20.8 Å². The summed E-state index contributed by atoms with van der Waals surface area (Å²) in [7, 11) is 0. The van der Waals surface area contributed by atoms with Crippen LogP contribution in [0.15, 0.2) is 11.6 Å². The molecule has 3 aliphatic rings. The molecule has 0 aromatic rings. The molecule has 2 aliphatic carbocycles. The molecule has 1 saturated heterocycles. The topological polar surface area (TPSA) is 72.8 Å². The second-order valence-corrected chi connectivity index (χ2v) is 11.1. The average molecular weight is 421 g/mol. The summed E-state index contributed by atoms with van der Waals surface area (Å²) in [5.41, 5.74) is -0.113. The van der Waals surface area contributed by atoms with Crippen molar-refractivity contribution in [3.05, 3.63) is 11.6 Å². The minimum atomic E-state index is -0.829. The Morgan fingerprint density at radius 1 is 1.20 bits per heavy atom. The van der Waals surface area contributed by atoms with Crippen molar-refractivity contribution < 1.29 is 24.2 Å². The molecule has 5 nitrogen and oxygen atoms in total. The minimum absolute atomic E-state index is 0.00116. The van der Waals surface area contributed by atoms with Crippen molar-refractivity contribution in [3.63, 3.8) is 0 Å². The van der Waals surface area contributed by atoms with Crippen LogP contribution < -0.4 is 0 Å². The Hall–Kier alpha value is -1.36. The standard InChI is InChI=1S/C25H40O5/c1-7-17(2)21(28)29-16-18-9-10-19-22(3,4)11-8-12-24(19,6)25(18)14-13-23(5,30-25)15-20(26)27/h9,17,19H,7-8,10-16H2,1-6H3,(H,26,27). The first-order valence-corrected chi connectivity index (χ1v) is 11.7. The third-order valence-corrected chi connectivity index (χ3v) is 8.61. The fourth-order valence-corrected chi connectivity index (χ4v) is 6.65. The lowest BCUT2D eigenvalue weighted by molar-refractivity contribution is -0.196. The van der Waals surface area contributed by atoms with E-state index in [-0.39, 0.29) is 35.7 Å². The summed E-state index contributed by atoms with van der Waals surface area (Å²) >= 11 is 0. The van der Waals surface area contributed by atoms with Crippen LogP contribution in [-0.4, -0.2) is 34.9 Å². The molecule has 1 N–H and O–H groups in total. The Morgan fingerprint density at radius 3 is 2.53 bits per heavy atom. The summed E-state index contributed by atoms with van der Waals surface area (Å²) < 4.78 is 12.6. The fourth-order valence-electron chi connectivity index (χ4n) is 6.65. The lowest BCUT2D eigenvalue weighted by atomic mass is 9.46. The van der Waals surface area contributed by atoms with Crippen LogP contribution in [0.2, 0.25) is 0 Å². The van der Waals surface area contributed by atoms with E-state index in [1.54, 1.807) is 0 Å². The van der Waals surface area contributed by atoms with E-state index in [0.29, 0.717) is 12.3 Å². The molecule has 1 saturated carbocycles. The lowest BCUT2D eigenvalue weighted by Crippen LogP contribution is -2.60. The molecule has 0 bridgehead atoms. The maximum Gasteiger partial charge on any atom is 0.308 e. The third kappa shape index (κ3) is 3.83. The second-order valence-electron chi connectivity index (χ2n) is 11.1. The zero-order valence-electron chi connectivity index (χ0n) is 19.7. The predicted molar refractivity (Wildman–Crippen MR) is 116 cm³/mol. The Balaban J connectivity index is 1.98. The van der Waals surface area contributed by atoms with Gasteiger partial charge in [0, 0.05) is 5.41 Å². The summed E-state index contributed by atoms with van der Waals surface area (Å²) in [6.45, 7) is 13.1. The molecule has 0 aromatic heterocycles. The highest BCUT2D eigenvalue weighted by Gasteiger charge is 2.65. The van der Waals surface area contributed by atoms with Crippen LogP contribution in [0.25, 0.3) is 0 Å². The van der Waals surface area contributed by atoms with E-state index >= 15 is 0 Å². The van der Waals surface area contributed by atoms with Crippen LogP contribution in [0.3, 0.4) is 0 Å². The van der Waals surface area contributed by atoms with Crippen LogP contribution in [0.1, 0.15) is 92.9 Å². The van der Waals surface area contributed by atoms with Crippen molar-refractivity contribution >= 4 is 11.9 Å². The second kappa shape index (κ2) is 7.96. The molecule has 0 aromatic carbocycles. The van der Waals surface area contributed by atoms with E-state index in [1.165, 1.54) is 6.42 Å². The van der Waals surface area contributed by atoms with E-state index < -0.39 is 17.2 Å². The summed E-state index contributed by atoms with van der Waals surface area (Å²) in [6, 6.07) is 0. The van der Waals surface area contributed by atoms with Gasteiger partial charge in [-0.2, -0.15) is 0 Å². The van der Waals surface area contributed by atoms with Gasteiger partial charge in [0.15, 0.2) is 0 Å². The van der Waals surface area contributed by atoms with Crippen LogP contribution in [-0.2, 0) is 19.1 Å². The molecule has 5 unspecified atom stereocenters. The normalized spacial score (nSPS) is 38.6. The van der Waals surface area contributed by atoms with Crippen molar-refractivity contribution in [1.82, 2.24) is 0 Å². The molecule has 1 heterocycles. The van der Waals surface area contributed by atoms with E-state index in [2.05, 4.69) is 26.8 Å². The number of carbonyl (C=O) groups is 2. The number of aliphatic carboxylic acids is 1. The molecule has 30 heavy (non-hydrogen) atoms. The van der Waals surface area contributed by atoms with Gasteiger partial charge in [-0.05, 0) is 62.4 Å². The number of fused-ring (bicyclic) bond motifs is 2. The SMILES string of the molecule is CCC(C)C(=O)OCC1=CCC2C(C)(C)CCCC2(C)C12CCC(C)(CC(=O)O)O2. The number of carbonyl (C=O) groups excluding carboxylic acids is 1. The molecular formula is C25H40O5.